The standard InChI is InChI=1S/C13H17N3S/c1-9(15-16-13(17)14-2)11-8-12(11)10-6-4-3-5-7-10/h3-7,11-12H,8H2,1-2H3,(H2,14,16,17)/b15-9+. The Bertz CT molecular complexity index is 428. The molecule has 0 bridgehead atoms. The zero-order valence-corrected chi connectivity index (χ0v) is 10.9. The Morgan fingerprint density at radius 1 is 1.35 bits per heavy atom. The average Bonchev–Trinajstić information content (AvgIpc) is 3.17. The van der Waals surface area contributed by atoms with E-state index in [-0.39, 0.29) is 0 Å². The van der Waals surface area contributed by atoms with Crippen LogP contribution in [0.25, 0.3) is 0 Å². The van der Waals surface area contributed by atoms with Gasteiger partial charge >= 0.3 is 0 Å². The molecular weight excluding hydrogens is 230 g/mol. The summed E-state index contributed by atoms with van der Waals surface area (Å²) >= 11 is 4.97. The third kappa shape index (κ3) is 3.03. The third-order valence-electron chi connectivity index (χ3n) is 3.12. The van der Waals surface area contributed by atoms with Crippen LogP contribution in [0.3, 0.4) is 0 Å². The summed E-state index contributed by atoms with van der Waals surface area (Å²) in [4.78, 5) is 0. The molecule has 0 aliphatic heterocycles. The Balaban J connectivity index is 1.92. The van der Waals surface area contributed by atoms with Crippen molar-refractivity contribution >= 4 is 23.0 Å². The van der Waals surface area contributed by atoms with E-state index in [4.69, 9.17) is 12.2 Å². The van der Waals surface area contributed by atoms with Crippen LogP contribution in [0.4, 0.5) is 0 Å². The normalized spacial score (nSPS) is 23.1. The van der Waals surface area contributed by atoms with Gasteiger partial charge in [-0.3, -0.25) is 5.43 Å². The molecule has 2 rings (SSSR count). The van der Waals surface area contributed by atoms with Crippen molar-refractivity contribution in [2.24, 2.45) is 11.0 Å². The molecule has 17 heavy (non-hydrogen) atoms. The molecular formula is C13H17N3S. The van der Waals surface area contributed by atoms with E-state index in [0.29, 0.717) is 16.9 Å². The van der Waals surface area contributed by atoms with Gasteiger partial charge in [-0.2, -0.15) is 5.10 Å². The third-order valence-corrected chi connectivity index (χ3v) is 3.41. The molecule has 0 aromatic heterocycles. The quantitative estimate of drug-likeness (QED) is 0.489. The highest BCUT2D eigenvalue weighted by atomic mass is 32.1. The lowest BCUT2D eigenvalue weighted by atomic mass is 10.1. The molecule has 1 saturated carbocycles. The van der Waals surface area contributed by atoms with E-state index in [9.17, 15) is 0 Å². The van der Waals surface area contributed by atoms with E-state index in [1.165, 1.54) is 12.0 Å². The second-order valence-corrected chi connectivity index (χ2v) is 4.71. The first-order chi connectivity index (χ1) is 8.22. The van der Waals surface area contributed by atoms with E-state index in [0.717, 1.165) is 5.71 Å². The zero-order valence-electron chi connectivity index (χ0n) is 10.1. The number of hydrazone groups is 1. The minimum atomic E-state index is 0.557. The molecule has 90 valence electrons. The number of benzene rings is 1. The van der Waals surface area contributed by atoms with Crippen LogP contribution in [0.15, 0.2) is 35.4 Å². The second kappa shape index (κ2) is 5.27. The van der Waals surface area contributed by atoms with Crippen molar-refractivity contribution in [3.63, 3.8) is 0 Å². The van der Waals surface area contributed by atoms with Crippen LogP contribution in [0.2, 0.25) is 0 Å². The lowest BCUT2D eigenvalue weighted by molar-refractivity contribution is 0.941. The zero-order chi connectivity index (χ0) is 12.3. The largest absolute Gasteiger partial charge is 0.364 e. The Hall–Kier alpha value is -1.42. The lowest BCUT2D eigenvalue weighted by Gasteiger charge is -2.03. The highest BCUT2D eigenvalue weighted by molar-refractivity contribution is 7.80. The maximum atomic E-state index is 4.97. The van der Waals surface area contributed by atoms with Gasteiger partial charge in [0.2, 0.25) is 0 Å². The summed E-state index contributed by atoms with van der Waals surface area (Å²) in [5, 5.41) is 7.69. The fourth-order valence-corrected chi connectivity index (χ4v) is 2.05. The van der Waals surface area contributed by atoms with Gasteiger partial charge in [0.1, 0.15) is 0 Å². The van der Waals surface area contributed by atoms with Gasteiger partial charge in [0.25, 0.3) is 0 Å². The first kappa shape index (κ1) is 12.0. The Kier molecular flexibility index (Phi) is 3.74. The monoisotopic (exact) mass is 247 g/mol. The van der Waals surface area contributed by atoms with Crippen LogP contribution in [0, 0.1) is 5.92 Å². The van der Waals surface area contributed by atoms with Crippen molar-refractivity contribution in [3.05, 3.63) is 35.9 Å². The number of hydrogen-bond acceptors (Lipinski definition) is 2. The van der Waals surface area contributed by atoms with E-state index in [2.05, 4.69) is 53.1 Å². The maximum absolute atomic E-state index is 4.97. The molecule has 0 radical (unpaired) electrons. The number of thiocarbonyl (C=S) groups is 1. The molecule has 1 fully saturated rings. The Morgan fingerprint density at radius 3 is 2.71 bits per heavy atom. The van der Waals surface area contributed by atoms with E-state index in [1.807, 2.05) is 0 Å². The molecule has 1 aromatic rings. The van der Waals surface area contributed by atoms with Crippen LogP contribution >= 0.6 is 12.2 Å². The lowest BCUT2D eigenvalue weighted by Crippen LogP contribution is -2.29. The van der Waals surface area contributed by atoms with Crippen molar-refractivity contribution in [1.29, 1.82) is 0 Å². The van der Waals surface area contributed by atoms with Gasteiger partial charge in [-0.15, -0.1) is 0 Å². The first-order valence-corrected chi connectivity index (χ1v) is 6.20. The molecule has 1 aliphatic carbocycles. The van der Waals surface area contributed by atoms with Gasteiger partial charge in [-0.05, 0) is 37.0 Å². The summed E-state index contributed by atoms with van der Waals surface area (Å²) in [5.74, 6) is 1.19. The molecule has 0 amide bonds. The fraction of sp³-hybridized carbons (Fsp3) is 0.385. The van der Waals surface area contributed by atoms with Gasteiger partial charge in [0, 0.05) is 18.7 Å². The van der Waals surface area contributed by atoms with Crippen LogP contribution in [0.1, 0.15) is 24.8 Å². The summed E-state index contributed by atoms with van der Waals surface area (Å²) in [5.41, 5.74) is 5.36. The number of rotatable bonds is 3. The van der Waals surface area contributed by atoms with Gasteiger partial charge in [-0.1, -0.05) is 30.3 Å². The van der Waals surface area contributed by atoms with E-state index < -0.39 is 0 Å². The summed E-state index contributed by atoms with van der Waals surface area (Å²) < 4.78 is 0. The number of nitrogens with one attached hydrogen (secondary N) is 2. The molecule has 0 saturated heterocycles. The molecule has 2 unspecified atom stereocenters. The fourth-order valence-electron chi connectivity index (χ4n) is 2.00. The van der Waals surface area contributed by atoms with Crippen LogP contribution in [0.5, 0.6) is 0 Å². The molecule has 2 atom stereocenters. The molecule has 0 spiro atoms. The van der Waals surface area contributed by atoms with Crippen molar-refractivity contribution in [2.45, 2.75) is 19.3 Å². The molecule has 2 N–H and O–H groups in total. The van der Waals surface area contributed by atoms with Crippen LogP contribution in [-0.2, 0) is 0 Å². The average molecular weight is 247 g/mol. The molecule has 1 aliphatic rings. The van der Waals surface area contributed by atoms with E-state index in [1.54, 1.807) is 7.05 Å². The summed E-state index contributed by atoms with van der Waals surface area (Å²) in [6.07, 6.45) is 1.19. The van der Waals surface area contributed by atoms with Gasteiger partial charge in [0.05, 0.1) is 0 Å². The van der Waals surface area contributed by atoms with Crippen molar-refractivity contribution in [2.75, 3.05) is 7.05 Å². The maximum Gasteiger partial charge on any atom is 0.186 e. The Morgan fingerprint density at radius 2 is 2.06 bits per heavy atom. The molecule has 1 aromatic carbocycles. The predicted octanol–water partition coefficient (Wildman–Crippen LogP) is 2.26. The summed E-state index contributed by atoms with van der Waals surface area (Å²) in [6, 6.07) is 10.6. The van der Waals surface area contributed by atoms with Crippen LogP contribution < -0.4 is 10.7 Å². The minimum absolute atomic E-state index is 0.557. The van der Waals surface area contributed by atoms with E-state index >= 15 is 0 Å². The van der Waals surface area contributed by atoms with Crippen molar-refractivity contribution in [1.82, 2.24) is 10.7 Å². The van der Waals surface area contributed by atoms with Crippen molar-refractivity contribution < 1.29 is 0 Å². The number of hydrogen-bond donors (Lipinski definition) is 2. The SMILES string of the molecule is CNC(=S)N/N=C(\C)C1CC1c1ccccc1. The molecule has 4 heteroatoms. The molecule has 0 heterocycles. The first-order valence-electron chi connectivity index (χ1n) is 5.79. The Labute approximate surface area is 107 Å². The van der Waals surface area contributed by atoms with Crippen molar-refractivity contribution in [3.8, 4) is 0 Å². The second-order valence-electron chi connectivity index (χ2n) is 4.30. The predicted molar refractivity (Wildman–Crippen MR) is 75.2 cm³/mol. The smallest absolute Gasteiger partial charge is 0.186 e. The topological polar surface area (TPSA) is 36.4 Å². The highest BCUT2D eigenvalue weighted by Crippen LogP contribution is 2.48. The van der Waals surface area contributed by atoms with Gasteiger partial charge in [-0.25, -0.2) is 0 Å². The van der Waals surface area contributed by atoms with Gasteiger partial charge < -0.3 is 5.32 Å². The summed E-state index contributed by atoms with van der Waals surface area (Å²) in [6.45, 7) is 2.05. The minimum Gasteiger partial charge on any atom is -0.364 e. The highest BCUT2D eigenvalue weighted by Gasteiger charge is 2.40. The van der Waals surface area contributed by atoms with Crippen LogP contribution in [-0.4, -0.2) is 17.9 Å². The number of nitrogens with zero attached hydrogens (tertiary/aromatic N) is 1. The van der Waals surface area contributed by atoms with Gasteiger partial charge in [0.15, 0.2) is 5.11 Å². The molecule has 3 nitrogen and oxygen atoms in total. The summed E-state index contributed by atoms with van der Waals surface area (Å²) in [7, 11) is 1.78.